The van der Waals surface area contributed by atoms with Crippen LogP contribution in [0.3, 0.4) is 0 Å². The number of ether oxygens (including phenoxy) is 1. The number of nitrogens with two attached hydrogens (primary N) is 1. The van der Waals surface area contributed by atoms with Crippen LogP contribution in [0.25, 0.3) is 0 Å². The van der Waals surface area contributed by atoms with Gasteiger partial charge < -0.3 is 10.5 Å². The fraction of sp³-hybridized carbons (Fsp3) is 0.500. The van der Waals surface area contributed by atoms with Crippen LogP contribution in [0.5, 0.6) is 5.75 Å². The lowest BCUT2D eigenvalue weighted by Gasteiger charge is -2.31. The molecule has 2 rings (SSSR count). The number of nitrogens with zero attached hydrogens (tertiary/aromatic N) is 1. The standard InChI is InChI=1S/C12H16N2O3.ClH/c1-17-11-6-5-9(7-10(11)14(15)16)12(13)8-3-2-4-8;/h5-8,12H,2-4,13H2,1H3;1H/t12-;/m1./s1. The minimum atomic E-state index is -0.435. The third-order valence-corrected chi connectivity index (χ3v) is 3.44. The number of benzene rings is 1. The molecule has 0 unspecified atom stereocenters. The van der Waals surface area contributed by atoms with Gasteiger partial charge in [0.2, 0.25) is 0 Å². The summed E-state index contributed by atoms with van der Waals surface area (Å²) in [4.78, 5) is 10.5. The van der Waals surface area contributed by atoms with E-state index in [-0.39, 0.29) is 29.9 Å². The van der Waals surface area contributed by atoms with Crippen molar-refractivity contribution < 1.29 is 9.66 Å². The van der Waals surface area contributed by atoms with Gasteiger partial charge in [-0.05, 0) is 30.4 Å². The Kier molecular flexibility index (Phi) is 4.93. The van der Waals surface area contributed by atoms with E-state index in [1.54, 1.807) is 6.07 Å². The van der Waals surface area contributed by atoms with Gasteiger partial charge in [-0.25, -0.2) is 0 Å². The maximum absolute atomic E-state index is 10.9. The Morgan fingerprint density at radius 1 is 1.50 bits per heavy atom. The fourth-order valence-electron chi connectivity index (χ4n) is 2.13. The molecule has 0 aliphatic heterocycles. The lowest BCUT2D eigenvalue weighted by molar-refractivity contribution is -0.385. The first-order valence-corrected chi connectivity index (χ1v) is 5.71. The van der Waals surface area contributed by atoms with Gasteiger partial charge in [0.05, 0.1) is 12.0 Å². The monoisotopic (exact) mass is 272 g/mol. The first kappa shape index (κ1) is 14.7. The van der Waals surface area contributed by atoms with E-state index in [1.165, 1.54) is 19.6 Å². The van der Waals surface area contributed by atoms with Crippen LogP contribution in [0.2, 0.25) is 0 Å². The van der Waals surface area contributed by atoms with Gasteiger partial charge in [0, 0.05) is 12.1 Å². The summed E-state index contributed by atoms with van der Waals surface area (Å²) in [7, 11) is 1.42. The Labute approximate surface area is 112 Å². The highest BCUT2D eigenvalue weighted by Crippen LogP contribution is 2.38. The van der Waals surface area contributed by atoms with Crippen molar-refractivity contribution in [1.29, 1.82) is 0 Å². The first-order valence-electron chi connectivity index (χ1n) is 5.71. The van der Waals surface area contributed by atoms with Crippen molar-refractivity contribution >= 4 is 18.1 Å². The number of methoxy groups -OCH3 is 1. The van der Waals surface area contributed by atoms with Crippen LogP contribution >= 0.6 is 12.4 Å². The van der Waals surface area contributed by atoms with Crippen molar-refractivity contribution in [3.8, 4) is 5.75 Å². The molecule has 0 heterocycles. The largest absolute Gasteiger partial charge is 0.490 e. The number of rotatable bonds is 4. The summed E-state index contributed by atoms with van der Waals surface area (Å²) in [5, 5.41) is 10.9. The topological polar surface area (TPSA) is 78.4 Å². The molecule has 1 saturated carbocycles. The molecular weight excluding hydrogens is 256 g/mol. The summed E-state index contributed by atoms with van der Waals surface area (Å²) in [6.07, 6.45) is 3.43. The van der Waals surface area contributed by atoms with Crippen molar-refractivity contribution in [2.45, 2.75) is 25.3 Å². The molecule has 0 radical (unpaired) electrons. The van der Waals surface area contributed by atoms with Crippen LogP contribution in [-0.4, -0.2) is 12.0 Å². The Hall–Kier alpha value is -1.33. The average Bonchev–Trinajstić information content (AvgIpc) is 2.25. The van der Waals surface area contributed by atoms with Crippen molar-refractivity contribution in [1.82, 2.24) is 0 Å². The molecule has 1 atom stereocenters. The van der Waals surface area contributed by atoms with Crippen LogP contribution in [-0.2, 0) is 0 Å². The molecule has 1 aliphatic carbocycles. The minimum Gasteiger partial charge on any atom is -0.490 e. The highest BCUT2D eigenvalue weighted by molar-refractivity contribution is 5.85. The second-order valence-electron chi connectivity index (χ2n) is 4.41. The Morgan fingerprint density at radius 3 is 2.61 bits per heavy atom. The first-order chi connectivity index (χ1) is 8.13. The van der Waals surface area contributed by atoms with E-state index in [1.807, 2.05) is 6.07 Å². The van der Waals surface area contributed by atoms with E-state index in [0.29, 0.717) is 5.92 Å². The van der Waals surface area contributed by atoms with E-state index < -0.39 is 4.92 Å². The minimum absolute atomic E-state index is 0. The molecule has 5 nitrogen and oxygen atoms in total. The zero-order valence-electron chi connectivity index (χ0n) is 10.2. The lowest BCUT2D eigenvalue weighted by atomic mass is 9.77. The zero-order chi connectivity index (χ0) is 12.4. The molecule has 1 aromatic carbocycles. The van der Waals surface area contributed by atoms with Gasteiger partial charge in [0.15, 0.2) is 5.75 Å². The number of hydrogen-bond donors (Lipinski definition) is 1. The molecule has 2 N–H and O–H groups in total. The zero-order valence-corrected chi connectivity index (χ0v) is 11.0. The fourth-order valence-corrected chi connectivity index (χ4v) is 2.13. The van der Waals surface area contributed by atoms with Gasteiger partial charge in [-0.15, -0.1) is 12.4 Å². The molecule has 0 amide bonds. The number of nitro groups is 1. The Bertz CT molecular complexity index is 435. The second-order valence-corrected chi connectivity index (χ2v) is 4.41. The molecule has 1 fully saturated rings. The van der Waals surface area contributed by atoms with Gasteiger partial charge in [0.25, 0.3) is 0 Å². The van der Waals surface area contributed by atoms with Crippen molar-refractivity contribution in [2.75, 3.05) is 7.11 Å². The normalized spacial score (nSPS) is 16.3. The van der Waals surface area contributed by atoms with Crippen molar-refractivity contribution in [3.63, 3.8) is 0 Å². The Balaban J connectivity index is 0.00000162. The van der Waals surface area contributed by atoms with Crippen LogP contribution in [0.15, 0.2) is 18.2 Å². The molecule has 1 aromatic rings. The van der Waals surface area contributed by atoms with E-state index in [4.69, 9.17) is 10.5 Å². The summed E-state index contributed by atoms with van der Waals surface area (Å²) >= 11 is 0. The molecular formula is C12H17ClN2O3. The highest BCUT2D eigenvalue weighted by Gasteiger charge is 2.27. The number of halogens is 1. The average molecular weight is 273 g/mol. The quantitative estimate of drug-likeness (QED) is 0.675. The summed E-state index contributed by atoms with van der Waals surface area (Å²) in [6.45, 7) is 0. The van der Waals surface area contributed by atoms with Gasteiger partial charge in [-0.3, -0.25) is 10.1 Å². The number of nitro benzene ring substituents is 1. The molecule has 100 valence electrons. The van der Waals surface area contributed by atoms with Gasteiger partial charge in [-0.2, -0.15) is 0 Å². The van der Waals surface area contributed by atoms with Gasteiger partial charge >= 0.3 is 5.69 Å². The van der Waals surface area contributed by atoms with Crippen molar-refractivity contribution in [2.24, 2.45) is 11.7 Å². The third-order valence-electron chi connectivity index (χ3n) is 3.44. The van der Waals surface area contributed by atoms with Gasteiger partial charge in [0.1, 0.15) is 0 Å². The second kappa shape index (κ2) is 6.02. The predicted molar refractivity (Wildman–Crippen MR) is 71.2 cm³/mol. The van der Waals surface area contributed by atoms with E-state index in [2.05, 4.69) is 0 Å². The smallest absolute Gasteiger partial charge is 0.311 e. The maximum Gasteiger partial charge on any atom is 0.311 e. The van der Waals surface area contributed by atoms with Crippen molar-refractivity contribution in [3.05, 3.63) is 33.9 Å². The summed E-state index contributed by atoms with van der Waals surface area (Å²) in [5.41, 5.74) is 6.90. The molecule has 6 heteroatoms. The van der Waals surface area contributed by atoms with E-state index in [9.17, 15) is 10.1 Å². The number of hydrogen-bond acceptors (Lipinski definition) is 4. The van der Waals surface area contributed by atoms with Crippen LogP contribution in [0.1, 0.15) is 30.9 Å². The molecule has 0 bridgehead atoms. The van der Waals surface area contributed by atoms with E-state index >= 15 is 0 Å². The molecule has 0 spiro atoms. The molecule has 0 saturated heterocycles. The Morgan fingerprint density at radius 2 is 2.17 bits per heavy atom. The summed E-state index contributed by atoms with van der Waals surface area (Å²) < 4.78 is 4.96. The van der Waals surface area contributed by atoms with E-state index in [0.717, 1.165) is 18.4 Å². The summed E-state index contributed by atoms with van der Waals surface area (Å²) in [6, 6.07) is 4.86. The van der Waals surface area contributed by atoms with Gasteiger partial charge in [-0.1, -0.05) is 12.5 Å². The molecule has 18 heavy (non-hydrogen) atoms. The lowest BCUT2D eigenvalue weighted by Crippen LogP contribution is -2.26. The highest BCUT2D eigenvalue weighted by atomic mass is 35.5. The van der Waals surface area contributed by atoms with Crippen LogP contribution in [0.4, 0.5) is 5.69 Å². The maximum atomic E-state index is 10.9. The van der Waals surface area contributed by atoms with Crippen LogP contribution in [0, 0.1) is 16.0 Å². The van der Waals surface area contributed by atoms with Crippen LogP contribution < -0.4 is 10.5 Å². The SMILES string of the molecule is COc1ccc([C@H](N)C2CCC2)cc1[N+](=O)[O-].Cl. The third kappa shape index (κ3) is 2.73. The predicted octanol–water partition coefficient (Wildman–Crippen LogP) is 2.83. The molecule has 0 aromatic heterocycles. The molecule has 1 aliphatic rings. The summed E-state index contributed by atoms with van der Waals surface area (Å²) in [5.74, 6) is 0.738.